The summed E-state index contributed by atoms with van der Waals surface area (Å²) in [5.41, 5.74) is 1.08. The predicted molar refractivity (Wildman–Crippen MR) is 113 cm³/mol. The number of hydrogen-bond donors (Lipinski definition) is 1. The highest BCUT2D eigenvalue weighted by molar-refractivity contribution is 7.99. The van der Waals surface area contributed by atoms with Crippen molar-refractivity contribution in [1.29, 1.82) is 0 Å². The number of hydrogen-bond acceptors (Lipinski definition) is 5. The van der Waals surface area contributed by atoms with Gasteiger partial charge in [-0.3, -0.25) is 4.79 Å². The summed E-state index contributed by atoms with van der Waals surface area (Å²) in [6, 6.07) is 9.91. The highest BCUT2D eigenvalue weighted by Gasteiger charge is 2.27. The quantitative estimate of drug-likeness (QED) is 0.428. The number of thioether (sulfide) groups is 1. The molecule has 7 nitrogen and oxygen atoms in total. The summed E-state index contributed by atoms with van der Waals surface area (Å²) < 4.78 is 28.5. The summed E-state index contributed by atoms with van der Waals surface area (Å²) in [5.74, 6) is -0.255. The first-order valence-electron chi connectivity index (χ1n) is 9.59. The third-order valence-electron chi connectivity index (χ3n) is 4.79. The fourth-order valence-electron chi connectivity index (χ4n) is 3.24. The lowest BCUT2D eigenvalue weighted by molar-refractivity contribution is -0.645. The molecule has 0 radical (unpaired) electrons. The molecule has 0 saturated carbocycles. The van der Waals surface area contributed by atoms with E-state index in [2.05, 4.69) is 5.32 Å². The molecule has 1 aromatic heterocycles. The van der Waals surface area contributed by atoms with Gasteiger partial charge >= 0.3 is 0 Å². The van der Waals surface area contributed by atoms with Crippen molar-refractivity contribution >= 4 is 33.4 Å². The standard InChI is InChI=1S/C20H25N3O4S2/c1-16-9-10-17(21-19(24)15-28-20-8-4-7-13-23(20)25)14-18(16)29(26,27)22-11-5-2-3-6-12-22/h4,7-10,13-14H,2-3,5-6,11-12,15H2,1H3,(H,21,24). The smallest absolute Gasteiger partial charge is 0.251 e. The monoisotopic (exact) mass is 435 g/mol. The van der Waals surface area contributed by atoms with E-state index in [-0.39, 0.29) is 16.6 Å². The van der Waals surface area contributed by atoms with Gasteiger partial charge in [-0.2, -0.15) is 9.04 Å². The van der Waals surface area contributed by atoms with Gasteiger partial charge in [0.15, 0.2) is 6.20 Å². The zero-order chi connectivity index (χ0) is 20.9. The van der Waals surface area contributed by atoms with Gasteiger partial charge in [-0.15, -0.1) is 0 Å². The summed E-state index contributed by atoms with van der Waals surface area (Å²) in [5, 5.41) is 14.8. The van der Waals surface area contributed by atoms with E-state index < -0.39 is 10.0 Å². The third kappa shape index (κ3) is 5.49. The number of pyridine rings is 1. The number of amides is 1. The molecule has 3 rings (SSSR count). The molecule has 1 amide bonds. The number of carbonyl (C=O) groups is 1. The van der Waals surface area contributed by atoms with Crippen molar-refractivity contribution in [3.05, 3.63) is 53.4 Å². The number of sulfonamides is 1. The number of rotatable bonds is 6. The minimum Gasteiger partial charge on any atom is -0.618 e. The van der Waals surface area contributed by atoms with Crippen LogP contribution in [0.2, 0.25) is 0 Å². The van der Waals surface area contributed by atoms with Gasteiger partial charge in [0.1, 0.15) is 0 Å². The molecule has 2 aromatic rings. The Kier molecular flexibility index (Phi) is 7.15. The molecule has 0 spiro atoms. The highest BCUT2D eigenvalue weighted by Crippen LogP contribution is 2.26. The van der Waals surface area contributed by atoms with Crippen LogP contribution in [0, 0.1) is 12.1 Å². The number of aryl methyl sites for hydroxylation is 1. The second-order valence-electron chi connectivity index (χ2n) is 7.00. The maximum absolute atomic E-state index is 13.1. The molecule has 1 aliphatic rings. The molecule has 1 aromatic carbocycles. The van der Waals surface area contributed by atoms with Gasteiger partial charge < -0.3 is 10.5 Å². The van der Waals surface area contributed by atoms with Crippen molar-refractivity contribution in [2.75, 3.05) is 24.2 Å². The molecular weight excluding hydrogens is 410 g/mol. The van der Waals surface area contributed by atoms with Crippen LogP contribution in [0.4, 0.5) is 5.69 Å². The summed E-state index contributed by atoms with van der Waals surface area (Å²) in [4.78, 5) is 12.5. The molecule has 0 unspecified atom stereocenters. The summed E-state index contributed by atoms with van der Waals surface area (Å²) in [7, 11) is -3.60. The Hall–Kier alpha value is -2.10. The molecule has 0 bridgehead atoms. The molecule has 9 heteroatoms. The SMILES string of the molecule is Cc1ccc(NC(=O)CSc2cccc[n+]2[O-])cc1S(=O)(=O)N1CCCCCC1. The van der Waals surface area contributed by atoms with Gasteiger partial charge in [0.25, 0.3) is 5.03 Å². The van der Waals surface area contributed by atoms with Crippen LogP contribution in [0.15, 0.2) is 52.5 Å². The van der Waals surface area contributed by atoms with Crippen LogP contribution in [0.3, 0.4) is 0 Å². The zero-order valence-corrected chi connectivity index (χ0v) is 18.0. The minimum atomic E-state index is -3.60. The van der Waals surface area contributed by atoms with Crippen LogP contribution in [-0.2, 0) is 14.8 Å². The maximum Gasteiger partial charge on any atom is 0.251 e. The average Bonchev–Trinajstić information content (AvgIpc) is 2.99. The number of nitrogens with one attached hydrogen (secondary N) is 1. The number of benzene rings is 1. The van der Waals surface area contributed by atoms with Crippen molar-refractivity contribution in [2.24, 2.45) is 0 Å². The topological polar surface area (TPSA) is 93.4 Å². The minimum absolute atomic E-state index is 0.0499. The van der Waals surface area contributed by atoms with Crippen molar-refractivity contribution in [2.45, 2.75) is 42.5 Å². The number of nitrogens with zero attached hydrogens (tertiary/aromatic N) is 2. The van der Waals surface area contributed by atoms with Crippen LogP contribution >= 0.6 is 11.8 Å². The first-order chi connectivity index (χ1) is 13.9. The first-order valence-corrected chi connectivity index (χ1v) is 12.0. The van der Waals surface area contributed by atoms with E-state index >= 15 is 0 Å². The van der Waals surface area contributed by atoms with Crippen LogP contribution in [0.5, 0.6) is 0 Å². The van der Waals surface area contributed by atoms with E-state index in [0.717, 1.165) is 37.4 Å². The van der Waals surface area contributed by atoms with E-state index in [1.807, 2.05) is 0 Å². The maximum atomic E-state index is 13.1. The number of carbonyl (C=O) groups excluding carboxylic acids is 1. The Morgan fingerprint density at radius 3 is 2.59 bits per heavy atom. The van der Waals surface area contributed by atoms with Crippen molar-refractivity contribution < 1.29 is 17.9 Å². The lowest BCUT2D eigenvalue weighted by Gasteiger charge is -2.21. The lowest BCUT2D eigenvalue weighted by atomic mass is 10.2. The van der Waals surface area contributed by atoms with Crippen molar-refractivity contribution in [1.82, 2.24) is 4.31 Å². The summed E-state index contributed by atoms with van der Waals surface area (Å²) in [6.45, 7) is 2.82. The van der Waals surface area contributed by atoms with Gasteiger partial charge in [-0.05, 0) is 55.3 Å². The van der Waals surface area contributed by atoms with E-state index in [1.54, 1.807) is 41.6 Å². The lowest BCUT2D eigenvalue weighted by Crippen LogP contribution is -2.32. The average molecular weight is 436 g/mol. The molecule has 1 N–H and O–H groups in total. The van der Waals surface area contributed by atoms with Crippen LogP contribution in [0.1, 0.15) is 31.2 Å². The second-order valence-corrected chi connectivity index (χ2v) is 9.90. The molecule has 0 aliphatic carbocycles. The van der Waals surface area contributed by atoms with Crippen LogP contribution in [0.25, 0.3) is 0 Å². The van der Waals surface area contributed by atoms with E-state index in [4.69, 9.17) is 0 Å². The summed E-state index contributed by atoms with van der Waals surface area (Å²) >= 11 is 1.12. The molecule has 1 fully saturated rings. The predicted octanol–water partition coefficient (Wildman–Crippen LogP) is 2.92. The third-order valence-corrected chi connectivity index (χ3v) is 7.85. The fraction of sp³-hybridized carbons (Fsp3) is 0.400. The molecule has 156 valence electrons. The van der Waals surface area contributed by atoms with E-state index in [1.165, 1.54) is 12.3 Å². The van der Waals surface area contributed by atoms with Gasteiger partial charge in [-0.25, -0.2) is 8.42 Å². The Morgan fingerprint density at radius 2 is 1.90 bits per heavy atom. The molecule has 1 aliphatic heterocycles. The highest BCUT2D eigenvalue weighted by atomic mass is 32.2. The molecule has 29 heavy (non-hydrogen) atoms. The van der Waals surface area contributed by atoms with Gasteiger partial charge in [-0.1, -0.05) is 18.9 Å². The molecule has 1 saturated heterocycles. The zero-order valence-electron chi connectivity index (χ0n) is 16.3. The molecule has 2 heterocycles. The van der Waals surface area contributed by atoms with Crippen LogP contribution in [-0.4, -0.2) is 37.5 Å². The Balaban J connectivity index is 1.71. The Bertz CT molecular complexity index is 971. The Labute approximate surface area is 175 Å². The first kappa shape index (κ1) is 21.6. The van der Waals surface area contributed by atoms with Gasteiger partial charge in [0.05, 0.1) is 10.6 Å². The number of aromatic nitrogens is 1. The van der Waals surface area contributed by atoms with Crippen LogP contribution < -0.4 is 10.0 Å². The molecular formula is C20H25N3O4S2. The normalized spacial score (nSPS) is 15.6. The Morgan fingerprint density at radius 1 is 1.17 bits per heavy atom. The fourth-order valence-corrected chi connectivity index (χ4v) is 5.72. The van der Waals surface area contributed by atoms with Gasteiger partial charge in [0.2, 0.25) is 15.9 Å². The number of anilines is 1. The van der Waals surface area contributed by atoms with Crippen molar-refractivity contribution in [3.8, 4) is 0 Å². The van der Waals surface area contributed by atoms with Crippen molar-refractivity contribution in [3.63, 3.8) is 0 Å². The largest absolute Gasteiger partial charge is 0.618 e. The van der Waals surface area contributed by atoms with Gasteiger partial charge in [0, 0.05) is 30.9 Å². The van der Waals surface area contributed by atoms with E-state index in [9.17, 15) is 18.4 Å². The molecule has 0 atom stereocenters. The van der Waals surface area contributed by atoms with E-state index in [0.29, 0.717) is 34.1 Å². The second kappa shape index (κ2) is 9.60. The summed E-state index contributed by atoms with van der Waals surface area (Å²) in [6.07, 6.45) is 5.20.